The number of amides is 2. The maximum atomic E-state index is 12.5. The monoisotopic (exact) mass is 708 g/mol. The van der Waals surface area contributed by atoms with Gasteiger partial charge in [-0.2, -0.15) is 10.5 Å². The summed E-state index contributed by atoms with van der Waals surface area (Å²) < 4.78 is 11.6. The zero-order chi connectivity index (χ0) is 37.2. The van der Waals surface area contributed by atoms with Crippen molar-refractivity contribution in [2.45, 2.75) is 26.1 Å². The molecule has 4 aromatic carbocycles. The second kappa shape index (κ2) is 17.0. The third-order valence-corrected chi connectivity index (χ3v) is 8.98. The third kappa shape index (κ3) is 9.13. The lowest BCUT2D eigenvalue weighted by Crippen LogP contribution is -2.47. The van der Waals surface area contributed by atoms with E-state index >= 15 is 0 Å². The number of H-pyrrole nitrogens is 2. The van der Waals surface area contributed by atoms with Gasteiger partial charge in [-0.05, 0) is 42.4 Å². The fourth-order valence-corrected chi connectivity index (χ4v) is 6.00. The van der Waals surface area contributed by atoms with Crippen molar-refractivity contribution in [3.8, 4) is 23.6 Å². The van der Waals surface area contributed by atoms with E-state index < -0.39 is 0 Å². The first-order chi connectivity index (χ1) is 25.8. The molecule has 12 nitrogen and oxygen atoms in total. The maximum Gasteiger partial charge on any atom is 0.226 e. The molecule has 2 aromatic heterocycles. The molecule has 268 valence electrons. The number of carbonyl (C=O) groups is 2. The predicted octanol–water partition coefficient (Wildman–Crippen LogP) is 6.31. The third-order valence-electron chi connectivity index (χ3n) is 8.98. The molecule has 0 aliphatic carbocycles. The number of benzene rings is 4. The Morgan fingerprint density at radius 3 is 1.81 bits per heavy atom. The summed E-state index contributed by atoms with van der Waals surface area (Å²) in [6.07, 6.45) is 0.214. The summed E-state index contributed by atoms with van der Waals surface area (Å²) >= 11 is 0. The number of piperazine rings is 1. The van der Waals surface area contributed by atoms with Gasteiger partial charge in [-0.15, -0.1) is 0 Å². The van der Waals surface area contributed by atoms with Crippen LogP contribution in [0.5, 0.6) is 11.5 Å². The molecule has 0 atom stereocenters. The summed E-state index contributed by atoms with van der Waals surface area (Å²) in [4.78, 5) is 34.9. The highest BCUT2D eigenvalue weighted by Gasteiger charge is 2.20. The van der Waals surface area contributed by atoms with Crippen molar-refractivity contribution in [3.63, 3.8) is 0 Å². The van der Waals surface area contributed by atoms with Crippen LogP contribution in [0.1, 0.15) is 35.1 Å². The van der Waals surface area contributed by atoms with Crippen molar-refractivity contribution in [1.82, 2.24) is 19.8 Å². The number of fused-ring (bicyclic) bond motifs is 2. The van der Waals surface area contributed by atoms with Gasteiger partial charge < -0.3 is 40.3 Å². The highest BCUT2D eigenvalue weighted by molar-refractivity contribution is 5.99. The number of aromatic nitrogens is 2. The molecule has 2 amide bonds. The van der Waals surface area contributed by atoms with Crippen molar-refractivity contribution in [1.29, 1.82) is 10.5 Å². The molecule has 1 aliphatic heterocycles. The number of nitrogens with two attached hydrogens (primary N) is 1. The number of aromatic amines is 2. The Bertz CT molecular complexity index is 2280. The van der Waals surface area contributed by atoms with E-state index in [1.54, 1.807) is 17.0 Å². The summed E-state index contributed by atoms with van der Waals surface area (Å²) in [5, 5.41) is 23.0. The number of hydrogen-bond donors (Lipinski definition) is 4. The molecule has 0 saturated carbocycles. The lowest BCUT2D eigenvalue weighted by Gasteiger charge is -2.32. The Kier molecular flexibility index (Phi) is 11.5. The second-order valence-electron chi connectivity index (χ2n) is 12.7. The molecule has 5 N–H and O–H groups in total. The summed E-state index contributed by atoms with van der Waals surface area (Å²) in [6.45, 7) is 4.00. The van der Waals surface area contributed by atoms with Gasteiger partial charge in [-0.1, -0.05) is 60.7 Å². The maximum absolute atomic E-state index is 12.5. The van der Waals surface area contributed by atoms with Gasteiger partial charge in [0.2, 0.25) is 11.8 Å². The summed E-state index contributed by atoms with van der Waals surface area (Å²) in [5.41, 5.74) is 10.3. The Morgan fingerprint density at radius 1 is 0.736 bits per heavy atom. The van der Waals surface area contributed by atoms with Crippen LogP contribution in [-0.4, -0.2) is 64.8 Å². The number of nitrogen functional groups attached to an aromatic ring is 1. The molecule has 1 saturated heterocycles. The van der Waals surface area contributed by atoms with Crippen LogP contribution in [0.2, 0.25) is 0 Å². The van der Waals surface area contributed by atoms with Crippen LogP contribution in [0.4, 0.5) is 11.6 Å². The van der Waals surface area contributed by atoms with Crippen LogP contribution in [0.15, 0.2) is 97.1 Å². The molecule has 0 spiro atoms. The molecule has 0 bridgehead atoms. The molecule has 1 aliphatic rings. The molecule has 0 radical (unpaired) electrons. The zero-order valence-corrected chi connectivity index (χ0v) is 29.4. The van der Waals surface area contributed by atoms with Gasteiger partial charge in [0.1, 0.15) is 59.6 Å². The molecule has 3 heterocycles. The van der Waals surface area contributed by atoms with Crippen molar-refractivity contribution >= 4 is 45.3 Å². The van der Waals surface area contributed by atoms with Crippen LogP contribution < -0.4 is 20.5 Å². The highest BCUT2D eigenvalue weighted by atomic mass is 16.5. The molecule has 1 fully saturated rings. The minimum Gasteiger partial charge on any atom is -0.489 e. The van der Waals surface area contributed by atoms with Crippen LogP contribution in [0.3, 0.4) is 0 Å². The van der Waals surface area contributed by atoms with Crippen LogP contribution >= 0.6 is 0 Å². The van der Waals surface area contributed by atoms with Gasteiger partial charge in [0, 0.05) is 61.9 Å². The van der Waals surface area contributed by atoms with Gasteiger partial charge in [0.25, 0.3) is 0 Å². The molecule has 12 heteroatoms. The van der Waals surface area contributed by atoms with E-state index in [-0.39, 0.29) is 24.7 Å². The highest BCUT2D eigenvalue weighted by Crippen LogP contribution is 2.30. The number of hydrogen-bond acceptors (Lipinski definition) is 8. The van der Waals surface area contributed by atoms with E-state index in [1.807, 2.05) is 92.0 Å². The number of nitriles is 2. The standard InChI is InChI=1S/C25H27N5O3.C16H13N3O/c1-29-11-13-30(14-12-29)24(32)10-9-23(31)28-25-21(16-26)20-8-7-19(15-22(20)27-25)33-17-18-5-3-2-4-6-18;17-9-14-13-7-6-12(8-15(13)19-16(14)18)20-10-11-4-2-1-3-5-11/h2-8,15,27H,9-14,17H2,1H3,(H,28,31);1-8,19H,10,18H2. The van der Waals surface area contributed by atoms with Crippen LogP contribution in [0.25, 0.3) is 21.8 Å². The van der Waals surface area contributed by atoms with Gasteiger partial charge in [0.05, 0.1) is 11.0 Å². The van der Waals surface area contributed by atoms with E-state index in [1.165, 1.54) is 0 Å². The van der Waals surface area contributed by atoms with Crippen molar-refractivity contribution in [2.24, 2.45) is 0 Å². The summed E-state index contributed by atoms with van der Waals surface area (Å²) in [5.74, 6) is 1.81. The number of nitrogens with one attached hydrogen (secondary N) is 3. The quantitative estimate of drug-likeness (QED) is 0.128. The minimum absolute atomic E-state index is 0.0180. The Morgan fingerprint density at radius 2 is 1.26 bits per heavy atom. The Hall–Kier alpha value is -6.76. The molecular weight excluding hydrogens is 669 g/mol. The van der Waals surface area contributed by atoms with Crippen LogP contribution in [0, 0.1) is 22.7 Å². The molecule has 7 rings (SSSR count). The average molecular weight is 709 g/mol. The predicted molar refractivity (Wildman–Crippen MR) is 204 cm³/mol. The number of carbonyl (C=O) groups excluding carboxylic acids is 2. The SMILES string of the molecule is CN1CCN(C(=O)CCC(=O)Nc2[nH]c3cc(OCc4ccccc4)ccc3c2C#N)CC1.N#Cc1c(N)[nH]c2cc(OCc3ccccc3)ccc12. The number of ether oxygens (including phenoxy) is 2. The van der Waals surface area contributed by atoms with Gasteiger partial charge in [-0.25, -0.2) is 0 Å². The van der Waals surface area contributed by atoms with Gasteiger partial charge in [0.15, 0.2) is 0 Å². The summed E-state index contributed by atoms with van der Waals surface area (Å²) in [7, 11) is 2.03. The van der Waals surface area contributed by atoms with E-state index in [0.717, 1.165) is 40.9 Å². The fourth-order valence-electron chi connectivity index (χ4n) is 6.00. The van der Waals surface area contributed by atoms with Crippen molar-refractivity contribution in [2.75, 3.05) is 44.3 Å². The minimum atomic E-state index is -0.305. The topological polar surface area (TPSA) is 176 Å². The Balaban J connectivity index is 0.000000204. The number of nitrogens with zero attached hydrogens (tertiary/aromatic N) is 4. The Labute approximate surface area is 307 Å². The van der Waals surface area contributed by atoms with Crippen molar-refractivity contribution in [3.05, 3.63) is 119 Å². The molecule has 0 unspecified atom stereocenters. The molecule has 53 heavy (non-hydrogen) atoms. The van der Waals surface area contributed by atoms with E-state index in [4.69, 9.17) is 20.5 Å². The first-order valence-electron chi connectivity index (χ1n) is 17.3. The average Bonchev–Trinajstić information content (AvgIpc) is 3.70. The zero-order valence-electron chi connectivity index (χ0n) is 29.4. The fraction of sp³-hybridized carbons (Fsp3) is 0.220. The van der Waals surface area contributed by atoms with E-state index in [9.17, 15) is 14.9 Å². The number of anilines is 2. The normalized spacial score (nSPS) is 12.7. The lowest BCUT2D eigenvalue weighted by atomic mass is 10.1. The smallest absolute Gasteiger partial charge is 0.226 e. The van der Waals surface area contributed by atoms with Crippen molar-refractivity contribution < 1.29 is 19.1 Å². The van der Waals surface area contributed by atoms with Gasteiger partial charge >= 0.3 is 0 Å². The molecular formula is C41H40N8O4. The lowest BCUT2D eigenvalue weighted by molar-refractivity contribution is -0.134. The number of rotatable bonds is 10. The van der Waals surface area contributed by atoms with E-state index in [0.29, 0.717) is 65.7 Å². The largest absolute Gasteiger partial charge is 0.489 e. The second-order valence-corrected chi connectivity index (χ2v) is 12.7. The first kappa shape index (κ1) is 36.0. The summed E-state index contributed by atoms with van der Waals surface area (Å²) in [6, 6.07) is 35.0. The molecule has 6 aromatic rings. The van der Waals surface area contributed by atoms with Crippen LogP contribution in [-0.2, 0) is 22.8 Å². The number of likely N-dealkylation sites (N-methyl/N-ethyl adjacent to an activating group) is 1. The van der Waals surface area contributed by atoms with Gasteiger partial charge in [-0.3, -0.25) is 9.59 Å². The van der Waals surface area contributed by atoms with E-state index in [2.05, 4.69) is 32.3 Å². The first-order valence-corrected chi connectivity index (χ1v) is 17.3.